The molecule has 146 valence electrons. The molecule has 0 unspecified atom stereocenters. The third-order valence-corrected chi connectivity index (χ3v) is 5.63. The number of hydrogen-bond acceptors (Lipinski definition) is 6. The Morgan fingerprint density at radius 3 is 2.41 bits per heavy atom. The lowest BCUT2D eigenvalue weighted by atomic mass is 10.0. The van der Waals surface area contributed by atoms with Crippen molar-refractivity contribution < 1.29 is 9.59 Å². The molecule has 2 aromatic carbocycles. The summed E-state index contributed by atoms with van der Waals surface area (Å²) in [5.74, 6) is -1.09. The minimum Gasteiger partial charge on any atom is -0.349 e. The molecule has 0 saturated heterocycles. The third kappa shape index (κ3) is 4.30. The second kappa shape index (κ2) is 8.16. The molecule has 0 spiro atoms. The number of fused-ring (bicyclic) bond motifs is 1. The van der Waals surface area contributed by atoms with Gasteiger partial charge in [0.2, 0.25) is 11.6 Å². The highest BCUT2D eigenvalue weighted by atomic mass is 35.5. The third-order valence-electron chi connectivity index (χ3n) is 3.98. The highest BCUT2D eigenvalue weighted by Crippen LogP contribution is 2.38. The molecule has 2 aromatic heterocycles. The van der Waals surface area contributed by atoms with Crippen LogP contribution in [0.4, 0.5) is 0 Å². The normalized spacial score (nSPS) is 11.1. The van der Waals surface area contributed by atoms with Gasteiger partial charge in [-0.25, -0.2) is 0 Å². The zero-order valence-electron chi connectivity index (χ0n) is 14.4. The number of ketones is 2. The summed E-state index contributed by atoms with van der Waals surface area (Å²) in [6, 6.07) is 10.2. The summed E-state index contributed by atoms with van der Waals surface area (Å²) >= 11 is 19.6. The molecule has 0 saturated carbocycles. The van der Waals surface area contributed by atoms with E-state index in [9.17, 15) is 9.59 Å². The molecule has 0 aliphatic rings. The highest BCUT2D eigenvalue weighted by Gasteiger charge is 2.24. The average molecular weight is 467 g/mol. The van der Waals surface area contributed by atoms with Gasteiger partial charge in [0, 0.05) is 30.9 Å². The predicted octanol–water partition coefficient (Wildman–Crippen LogP) is 5.25. The van der Waals surface area contributed by atoms with E-state index in [4.69, 9.17) is 34.8 Å². The number of carbonyl (C=O) groups is 2. The molecule has 29 heavy (non-hydrogen) atoms. The summed E-state index contributed by atoms with van der Waals surface area (Å²) in [5, 5.41) is 15.4. The summed E-state index contributed by atoms with van der Waals surface area (Å²) in [7, 11) is 0. The van der Waals surface area contributed by atoms with Crippen molar-refractivity contribution in [3.63, 3.8) is 0 Å². The molecule has 0 atom stereocenters. The van der Waals surface area contributed by atoms with Crippen molar-refractivity contribution in [1.29, 1.82) is 0 Å². The lowest BCUT2D eigenvalue weighted by molar-refractivity contribution is 0.0888. The number of Topliss-reactive ketones (excluding diaryl/α,β-unsaturated/α-hetero) is 2. The SMILES string of the molecule is O=C(CC(=O)c1c(Sc2cc(Cl)cc(Cl)c2)[nH]c2ccc(Cl)cc12)c1nn[nH]n1. The largest absolute Gasteiger partial charge is 0.349 e. The van der Waals surface area contributed by atoms with Gasteiger partial charge in [-0.2, -0.15) is 5.21 Å². The van der Waals surface area contributed by atoms with E-state index in [0.29, 0.717) is 36.6 Å². The van der Waals surface area contributed by atoms with Crippen molar-refractivity contribution in [2.24, 2.45) is 0 Å². The number of rotatable bonds is 6. The van der Waals surface area contributed by atoms with Gasteiger partial charge < -0.3 is 4.98 Å². The van der Waals surface area contributed by atoms with Crippen molar-refractivity contribution in [3.8, 4) is 0 Å². The van der Waals surface area contributed by atoms with Gasteiger partial charge in [0.15, 0.2) is 5.78 Å². The highest BCUT2D eigenvalue weighted by molar-refractivity contribution is 7.99. The maximum Gasteiger partial charge on any atom is 0.240 e. The van der Waals surface area contributed by atoms with Crippen LogP contribution in [0.2, 0.25) is 15.1 Å². The number of benzene rings is 2. The lowest BCUT2D eigenvalue weighted by Crippen LogP contribution is -2.10. The summed E-state index contributed by atoms with van der Waals surface area (Å²) in [4.78, 5) is 29.3. The van der Waals surface area contributed by atoms with Crippen molar-refractivity contribution in [3.05, 3.63) is 62.9 Å². The maximum atomic E-state index is 13.0. The van der Waals surface area contributed by atoms with E-state index in [0.717, 1.165) is 4.90 Å². The summed E-state index contributed by atoms with van der Waals surface area (Å²) in [6.45, 7) is 0. The number of nitrogens with one attached hydrogen (secondary N) is 2. The molecular weight excluding hydrogens is 457 g/mol. The topological polar surface area (TPSA) is 104 Å². The molecule has 0 amide bonds. The molecule has 0 aliphatic heterocycles. The Hall–Kier alpha value is -2.39. The predicted molar refractivity (Wildman–Crippen MR) is 111 cm³/mol. The number of hydrogen-bond donors (Lipinski definition) is 2. The molecule has 2 heterocycles. The first kappa shape index (κ1) is 19.9. The molecule has 2 N–H and O–H groups in total. The summed E-state index contributed by atoms with van der Waals surface area (Å²) < 4.78 is 0. The fraction of sp³-hybridized carbons (Fsp3) is 0.0556. The second-order valence-electron chi connectivity index (χ2n) is 5.98. The van der Waals surface area contributed by atoms with E-state index < -0.39 is 18.0 Å². The fourth-order valence-electron chi connectivity index (χ4n) is 2.79. The first-order chi connectivity index (χ1) is 13.9. The molecule has 11 heteroatoms. The van der Waals surface area contributed by atoms with Crippen LogP contribution in [0.5, 0.6) is 0 Å². The van der Waals surface area contributed by atoms with Crippen LogP contribution in [0.25, 0.3) is 10.9 Å². The maximum absolute atomic E-state index is 13.0. The minimum atomic E-state index is -0.540. The van der Waals surface area contributed by atoms with E-state index in [1.807, 2.05) is 0 Å². The Morgan fingerprint density at radius 2 is 1.72 bits per heavy atom. The van der Waals surface area contributed by atoms with Crippen LogP contribution in [0.3, 0.4) is 0 Å². The quantitative estimate of drug-likeness (QED) is 0.297. The zero-order chi connectivity index (χ0) is 20.5. The molecule has 0 fully saturated rings. The molecule has 0 bridgehead atoms. The van der Waals surface area contributed by atoms with Gasteiger partial charge in [-0.15, -0.1) is 10.2 Å². The van der Waals surface area contributed by atoms with Crippen LogP contribution in [0.15, 0.2) is 46.3 Å². The smallest absolute Gasteiger partial charge is 0.240 e. The van der Waals surface area contributed by atoms with E-state index in [1.54, 1.807) is 36.4 Å². The minimum absolute atomic E-state index is 0.146. The van der Waals surface area contributed by atoms with Crippen molar-refractivity contribution >= 4 is 69.0 Å². The number of nitrogens with zero attached hydrogens (tertiary/aromatic N) is 3. The van der Waals surface area contributed by atoms with Gasteiger partial charge >= 0.3 is 0 Å². The molecule has 4 rings (SSSR count). The number of halogens is 3. The summed E-state index contributed by atoms with van der Waals surface area (Å²) in [5.41, 5.74) is 1.06. The van der Waals surface area contributed by atoms with E-state index in [1.165, 1.54) is 11.8 Å². The Kier molecular flexibility index (Phi) is 5.60. The fourth-order valence-corrected chi connectivity index (χ4v) is 4.71. The van der Waals surface area contributed by atoms with Gasteiger partial charge in [-0.1, -0.05) is 46.6 Å². The Balaban J connectivity index is 1.75. The molecule has 0 radical (unpaired) electrons. The number of aromatic nitrogens is 5. The first-order valence-electron chi connectivity index (χ1n) is 8.16. The Labute approximate surface area is 183 Å². The van der Waals surface area contributed by atoms with E-state index in [-0.39, 0.29) is 5.82 Å². The average Bonchev–Trinajstić information content (AvgIpc) is 3.28. The van der Waals surface area contributed by atoms with E-state index in [2.05, 4.69) is 25.6 Å². The van der Waals surface area contributed by atoms with Crippen LogP contribution in [0, 0.1) is 0 Å². The van der Waals surface area contributed by atoms with Crippen molar-refractivity contribution in [2.75, 3.05) is 0 Å². The molecule has 7 nitrogen and oxygen atoms in total. The van der Waals surface area contributed by atoms with Gasteiger partial charge in [-0.3, -0.25) is 9.59 Å². The van der Waals surface area contributed by atoms with Gasteiger partial charge in [0.05, 0.1) is 17.0 Å². The van der Waals surface area contributed by atoms with E-state index >= 15 is 0 Å². The zero-order valence-corrected chi connectivity index (χ0v) is 17.5. The lowest BCUT2D eigenvalue weighted by Gasteiger charge is -2.05. The number of carbonyl (C=O) groups excluding carboxylic acids is 2. The van der Waals surface area contributed by atoms with Gasteiger partial charge in [0.25, 0.3) is 0 Å². The first-order valence-corrected chi connectivity index (χ1v) is 10.1. The monoisotopic (exact) mass is 465 g/mol. The van der Waals surface area contributed by atoms with Crippen LogP contribution < -0.4 is 0 Å². The number of H-pyrrole nitrogens is 2. The molecular formula is C18H10Cl3N5O2S. The van der Waals surface area contributed by atoms with Crippen LogP contribution >= 0.6 is 46.6 Å². The number of tetrazole rings is 1. The van der Waals surface area contributed by atoms with Crippen LogP contribution in [0.1, 0.15) is 27.4 Å². The number of aromatic amines is 2. The van der Waals surface area contributed by atoms with Crippen molar-refractivity contribution in [2.45, 2.75) is 16.3 Å². The molecule has 0 aliphatic carbocycles. The van der Waals surface area contributed by atoms with Gasteiger partial charge in [0.1, 0.15) is 0 Å². The van der Waals surface area contributed by atoms with Gasteiger partial charge in [-0.05, 0) is 41.6 Å². The van der Waals surface area contributed by atoms with Crippen LogP contribution in [-0.2, 0) is 0 Å². The standard InChI is InChI=1S/C18H10Cl3N5O2S/c19-8-1-2-13-12(6-8)16(14(27)7-15(28)17-23-25-26-24-17)18(22-13)29-11-4-9(20)3-10(21)5-11/h1-6,22H,7H2,(H,23,24,25,26). The second-order valence-corrected chi connectivity index (χ2v) is 8.38. The van der Waals surface area contributed by atoms with Crippen LogP contribution in [-0.4, -0.2) is 37.2 Å². The molecule has 4 aromatic rings. The Morgan fingerprint density at radius 1 is 0.966 bits per heavy atom. The summed E-state index contributed by atoms with van der Waals surface area (Å²) in [6.07, 6.45) is -0.414. The van der Waals surface area contributed by atoms with Crippen molar-refractivity contribution in [1.82, 2.24) is 25.6 Å². The Bertz CT molecular complexity index is 1220.